The van der Waals surface area contributed by atoms with Crippen molar-refractivity contribution in [1.29, 1.82) is 5.26 Å². The molecule has 0 unspecified atom stereocenters. The van der Waals surface area contributed by atoms with E-state index in [0.29, 0.717) is 5.56 Å². The highest BCUT2D eigenvalue weighted by atomic mass is 19.1. The van der Waals surface area contributed by atoms with Crippen LogP contribution in [0.4, 0.5) is 4.39 Å². The molecule has 0 fully saturated rings. The fraction of sp³-hybridized carbons (Fsp3) is 0.0714. The van der Waals surface area contributed by atoms with Crippen molar-refractivity contribution < 1.29 is 14.3 Å². The first kappa shape index (κ1) is 13.5. The van der Waals surface area contributed by atoms with Crippen LogP contribution in [0.1, 0.15) is 21.5 Å². The van der Waals surface area contributed by atoms with Crippen LogP contribution < -0.4 is 5.56 Å². The molecule has 6 heteroatoms. The minimum absolute atomic E-state index is 0.00755. The summed E-state index contributed by atoms with van der Waals surface area (Å²) in [6, 6.07) is 7.88. The van der Waals surface area contributed by atoms with Gasteiger partial charge >= 0.3 is 5.97 Å². The smallest absolute Gasteiger partial charge is 0.337 e. The largest absolute Gasteiger partial charge is 0.478 e. The van der Waals surface area contributed by atoms with Crippen molar-refractivity contribution in [1.82, 2.24) is 4.57 Å². The highest BCUT2D eigenvalue weighted by molar-refractivity contribution is 5.87. The number of hydrogen-bond acceptors (Lipinski definition) is 3. The van der Waals surface area contributed by atoms with Crippen LogP contribution in [0.5, 0.6) is 0 Å². The fourth-order valence-electron chi connectivity index (χ4n) is 1.78. The van der Waals surface area contributed by atoms with Crippen molar-refractivity contribution in [2.75, 3.05) is 0 Å². The first-order valence-electron chi connectivity index (χ1n) is 5.63. The van der Waals surface area contributed by atoms with Crippen LogP contribution in [-0.2, 0) is 6.54 Å². The van der Waals surface area contributed by atoms with Crippen molar-refractivity contribution >= 4 is 5.97 Å². The van der Waals surface area contributed by atoms with Gasteiger partial charge in [0, 0.05) is 12.3 Å². The normalized spacial score (nSPS) is 10.0. The standard InChI is InChI=1S/C14H9FN2O3/c15-12-4-9(6-16)3-10(5-12)7-17-8-11(14(19)20)1-2-13(17)18/h1-5,8H,7H2,(H,19,20). The summed E-state index contributed by atoms with van der Waals surface area (Å²) >= 11 is 0. The molecule has 0 bridgehead atoms. The predicted molar refractivity (Wildman–Crippen MR) is 67.9 cm³/mol. The maximum atomic E-state index is 13.3. The molecule has 1 heterocycles. The van der Waals surface area contributed by atoms with Crippen LogP contribution in [0.2, 0.25) is 0 Å². The number of aromatic nitrogens is 1. The van der Waals surface area contributed by atoms with Gasteiger partial charge in [0.25, 0.3) is 5.56 Å². The summed E-state index contributed by atoms with van der Waals surface area (Å²) in [5.74, 6) is -1.74. The summed E-state index contributed by atoms with van der Waals surface area (Å²) in [6.07, 6.45) is 1.18. The highest BCUT2D eigenvalue weighted by Gasteiger charge is 2.07. The van der Waals surface area contributed by atoms with E-state index in [4.69, 9.17) is 10.4 Å². The van der Waals surface area contributed by atoms with Gasteiger partial charge in [-0.3, -0.25) is 4.79 Å². The van der Waals surface area contributed by atoms with Gasteiger partial charge in [-0.05, 0) is 29.8 Å². The molecule has 1 aromatic heterocycles. The number of hydrogen-bond donors (Lipinski definition) is 1. The summed E-state index contributed by atoms with van der Waals surface area (Å²) in [7, 11) is 0. The zero-order chi connectivity index (χ0) is 14.7. The minimum Gasteiger partial charge on any atom is -0.478 e. The third-order valence-electron chi connectivity index (χ3n) is 2.67. The lowest BCUT2D eigenvalue weighted by atomic mass is 10.1. The molecular weight excluding hydrogens is 263 g/mol. The number of benzene rings is 1. The summed E-state index contributed by atoms with van der Waals surface area (Å²) in [5.41, 5.74) is 0.105. The Bertz CT molecular complexity index is 775. The number of nitrogens with zero attached hydrogens (tertiary/aromatic N) is 2. The zero-order valence-electron chi connectivity index (χ0n) is 10.2. The molecule has 0 amide bonds. The van der Waals surface area contributed by atoms with Crippen molar-refractivity contribution in [3.05, 3.63) is 69.4 Å². The molecule has 0 radical (unpaired) electrons. The molecule has 2 rings (SSSR count). The first-order valence-corrected chi connectivity index (χ1v) is 5.63. The van der Waals surface area contributed by atoms with Crippen LogP contribution >= 0.6 is 0 Å². The van der Waals surface area contributed by atoms with E-state index in [1.165, 1.54) is 24.4 Å². The Morgan fingerprint density at radius 3 is 2.75 bits per heavy atom. The van der Waals surface area contributed by atoms with Crippen molar-refractivity contribution in [3.63, 3.8) is 0 Å². The second kappa shape index (κ2) is 5.36. The second-order valence-electron chi connectivity index (χ2n) is 4.15. The molecule has 0 spiro atoms. The Balaban J connectivity index is 2.42. The molecule has 0 aliphatic heterocycles. The lowest BCUT2D eigenvalue weighted by molar-refractivity contribution is 0.0696. The average molecular weight is 272 g/mol. The second-order valence-corrected chi connectivity index (χ2v) is 4.15. The number of carboxylic acid groups (broad SMARTS) is 1. The summed E-state index contributed by atoms with van der Waals surface area (Å²) in [4.78, 5) is 22.5. The number of rotatable bonds is 3. The molecule has 100 valence electrons. The molecule has 1 aromatic carbocycles. The number of carbonyl (C=O) groups is 1. The highest BCUT2D eigenvalue weighted by Crippen LogP contribution is 2.10. The summed E-state index contributed by atoms with van der Waals surface area (Å²) in [5, 5.41) is 17.6. The van der Waals surface area contributed by atoms with Gasteiger partial charge in [0.05, 0.1) is 23.7 Å². The lowest BCUT2D eigenvalue weighted by Crippen LogP contribution is -2.20. The topological polar surface area (TPSA) is 83.1 Å². The SMILES string of the molecule is N#Cc1cc(F)cc(Cn2cc(C(=O)O)ccc2=O)c1. The van der Waals surface area contributed by atoms with E-state index in [2.05, 4.69) is 0 Å². The average Bonchev–Trinajstić information content (AvgIpc) is 2.40. The Morgan fingerprint density at radius 2 is 2.10 bits per heavy atom. The van der Waals surface area contributed by atoms with Gasteiger partial charge < -0.3 is 9.67 Å². The maximum Gasteiger partial charge on any atom is 0.337 e. The van der Waals surface area contributed by atoms with Crippen LogP contribution in [0.25, 0.3) is 0 Å². The summed E-state index contributed by atoms with van der Waals surface area (Å²) in [6.45, 7) is -0.00755. The van der Waals surface area contributed by atoms with E-state index >= 15 is 0 Å². The van der Waals surface area contributed by atoms with Crippen molar-refractivity contribution in [2.45, 2.75) is 6.54 Å². The lowest BCUT2D eigenvalue weighted by Gasteiger charge is -2.07. The Hall–Kier alpha value is -2.94. The number of halogens is 1. The first-order chi connectivity index (χ1) is 9.49. The molecule has 0 aliphatic carbocycles. The Labute approximate surface area is 113 Å². The van der Waals surface area contributed by atoms with E-state index in [-0.39, 0.29) is 17.7 Å². The fourth-order valence-corrected chi connectivity index (χ4v) is 1.78. The number of aromatic carboxylic acids is 1. The van der Waals surface area contributed by atoms with Gasteiger partial charge in [0.1, 0.15) is 5.82 Å². The minimum atomic E-state index is -1.16. The van der Waals surface area contributed by atoms with Gasteiger partial charge in [0.15, 0.2) is 0 Å². The van der Waals surface area contributed by atoms with Crippen LogP contribution in [0.3, 0.4) is 0 Å². The van der Waals surface area contributed by atoms with Gasteiger partial charge in [0.2, 0.25) is 0 Å². The van der Waals surface area contributed by atoms with E-state index < -0.39 is 17.3 Å². The van der Waals surface area contributed by atoms with E-state index in [0.717, 1.165) is 16.7 Å². The Morgan fingerprint density at radius 1 is 1.35 bits per heavy atom. The molecule has 20 heavy (non-hydrogen) atoms. The van der Waals surface area contributed by atoms with E-state index in [1.807, 2.05) is 6.07 Å². The van der Waals surface area contributed by atoms with Crippen LogP contribution in [0, 0.1) is 17.1 Å². The monoisotopic (exact) mass is 272 g/mol. The van der Waals surface area contributed by atoms with E-state index in [1.54, 1.807) is 0 Å². The molecule has 2 aromatic rings. The van der Waals surface area contributed by atoms with Gasteiger partial charge in [-0.1, -0.05) is 0 Å². The van der Waals surface area contributed by atoms with Crippen molar-refractivity contribution in [3.8, 4) is 6.07 Å². The number of carboxylic acids is 1. The predicted octanol–water partition coefficient (Wildman–Crippen LogP) is 1.61. The summed E-state index contributed by atoms with van der Waals surface area (Å²) < 4.78 is 14.4. The maximum absolute atomic E-state index is 13.3. The molecule has 0 saturated carbocycles. The van der Waals surface area contributed by atoms with Crippen LogP contribution in [0.15, 0.2) is 41.3 Å². The van der Waals surface area contributed by atoms with Crippen molar-refractivity contribution in [2.24, 2.45) is 0 Å². The molecule has 5 nitrogen and oxygen atoms in total. The molecular formula is C14H9FN2O3. The van der Waals surface area contributed by atoms with Crippen LogP contribution in [-0.4, -0.2) is 15.6 Å². The van der Waals surface area contributed by atoms with Gasteiger partial charge in [-0.2, -0.15) is 5.26 Å². The Kier molecular flexibility index (Phi) is 3.62. The zero-order valence-corrected chi connectivity index (χ0v) is 10.2. The number of pyridine rings is 1. The third kappa shape index (κ3) is 2.90. The molecule has 0 atom stereocenters. The van der Waals surface area contributed by atoms with Gasteiger partial charge in [-0.15, -0.1) is 0 Å². The molecule has 1 N–H and O–H groups in total. The molecule has 0 saturated heterocycles. The van der Waals surface area contributed by atoms with Gasteiger partial charge in [-0.25, -0.2) is 9.18 Å². The van der Waals surface area contributed by atoms with E-state index in [9.17, 15) is 14.0 Å². The third-order valence-corrected chi connectivity index (χ3v) is 2.67. The number of nitriles is 1. The molecule has 0 aliphatic rings. The quantitative estimate of drug-likeness (QED) is 0.920.